The first-order valence-electron chi connectivity index (χ1n) is 23.4. The van der Waals surface area contributed by atoms with E-state index in [1.807, 2.05) is 4.90 Å². The van der Waals surface area contributed by atoms with Gasteiger partial charge in [0.25, 0.3) is 0 Å². The molecule has 0 spiro atoms. The standard InChI is InChI=1S/C51H57F6N7O6/c1-29-41(51(55,56)57)37(21-38(58-29)61(23-30-9-15-35(66-5)16-10-30)24-31-11-17-36(67-6)18-12-31)39-42(53)44-40(45(68-7)43(39)54)46(60-47(59-44)69-28-50-19-8-20-63(50)25-32(52)22-50)62-26-33-13-14-34(27-62)64(33)48(65)70-49(2,3)4/h9-12,15-18,21,32-34H,8,13-14,19-20,22-28H2,1-7H3/t32-,33-,34+,50+/m1/s1. The van der Waals surface area contributed by atoms with Crippen molar-refractivity contribution in [2.24, 2.45) is 0 Å². The third kappa shape index (κ3) is 9.40. The molecule has 1 amide bonds. The number of ether oxygens (including phenoxy) is 5. The minimum atomic E-state index is -5.14. The molecule has 19 heteroatoms. The van der Waals surface area contributed by atoms with Crippen molar-refractivity contribution < 1.29 is 54.8 Å². The summed E-state index contributed by atoms with van der Waals surface area (Å²) in [5.41, 5.74) is -4.24. The number of benzene rings is 3. The molecule has 0 aliphatic carbocycles. The van der Waals surface area contributed by atoms with Gasteiger partial charge in [0, 0.05) is 44.7 Å². The number of piperazine rings is 1. The van der Waals surface area contributed by atoms with Gasteiger partial charge in [-0.2, -0.15) is 23.1 Å². The molecule has 9 rings (SSSR count). The van der Waals surface area contributed by atoms with Crippen molar-refractivity contribution in [3.05, 3.63) is 88.6 Å². The molecule has 0 N–H and O–H groups in total. The van der Waals surface area contributed by atoms with Gasteiger partial charge in [-0.05, 0) is 101 Å². The van der Waals surface area contributed by atoms with Crippen LogP contribution in [0.2, 0.25) is 0 Å². The summed E-state index contributed by atoms with van der Waals surface area (Å²) in [5.74, 6) is -2.23. The van der Waals surface area contributed by atoms with Crippen LogP contribution in [0.3, 0.4) is 0 Å². The van der Waals surface area contributed by atoms with E-state index in [4.69, 9.17) is 28.7 Å². The Morgan fingerprint density at radius 1 is 0.843 bits per heavy atom. The molecule has 2 bridgehead atoms. The van der Waals surface area contributed by atoms with Crippen molar-refractivity contribution in [2.75, 3.05) is 63.9 Å². The molecule has 374 valence electrons. The zero-order valence-electron chi connectivity index (χ0n) is 40.3. The van der Waals surface area contributed by atoms with E-state index in [1.165, 1.54) is 14.2 Å². The number of aryl methyl sites for hydroxylation is 1. The first kappa shape index (κ1) is 48.8. The van der Waals surface area contributed by atoms with Gasteiger partial charge >= 0.3 is 18.3 Å². The highest BCUT2D eigenvalue weighted by atomic mass is 19.4. The van der Waals surface area contributed by atoms with Crippen LogP contribution < -0.4 is 28.7 Å². The number of halogens is 6. The molecular weight excluding hydrogens is 921 g/mol. The van der Waals surface area contributed by atoms with Crippen molar-refractivity contribution in [1.29, 1.82) is 0 Å². The number of carbonyl (C=O) groups is 1. The van der Waals surface area contributed by atoms with Gasteiger partial charge in [0.1, 0.15) is 47.0 Å². The highest BCUT2D eigenvalue weighted by Gasteiger charge is 2.50. The number of nitrogens with zero attached hydrogens (tertiary/aromatic N) is 7. The first-order valence-corrected chi connectivity index (χ1v) is 23.4. The van der Waals surface area contributed by atoms with E-state index in [9.17, 15) is 9.18 Å². The molecule has 0 radical (unpaired) electrons. The number of anilines is 2. The van der Waals surface area contributed by atoms with Gasteiger partial charge in [-0.15, -0.1) is 0 Å². The SMILES string of the molecule is COc1ccc(CN(Cc2ccc(OC)cc2)c2cc(-c3c(F)c(OC)c4c(N5C[C@H]6CC[C@@H](C5)N6C(=O)OC(C)(C)C)nc(OC[C@@]56CCCN5C[C@H](F)C6)nc4c3F)c(C(F)(F)F)c(C)n2)cc1. The lowest BCUT2D eigenvalue weighted by molar-refractivity contribution is -0.137. The molecule has 0 saturated carbocycles. The number of pyridine rings is 1. The number of amides is 1. The Bertz CT molecular complexity index is 2690. The van der Waals surface area contributed by atoms with E-state index in [2.05, 4.69) is 9.97 Å². The van der Waals surface area contributed by atoms with Crippen LogP contribution in [0.4, 0.5) is 42.8 Å². The number of alkyl halides is 4. The molecule has 4 aliphatic rings. The molecule has 3 aromatic carbocycles. The molecule has 2 aromatic heterocycles. The quantitative estimate of drug-likeness (QED) is 0.105. The van der Waals surface area contributed by atoms with E-state index >= 15 is 22.0 Å². The Labute approximate surface area is 402 Å². The zero-order chi connectivity index (χ0) is 49.9. The summed E-state index contributed by atoms with van der Waals surface area (Å²) in [7, 11) is 4.20. The molecule has 4 saturated heterocycles. The van der Waals surface area contributed by atoms with Crippen LogP contribution in [0, 0.1) is 18.6 Å². The summed E-state index contributed by atoms with van der Waals surface area (Å²) >= 11 is 0. The Morgan fingerprint density at radius 3 is 2.01 bits per heavy atom. The summed E-state index contributed by atoms with van der Waals surface area (Å²) in [6, 6.07) is 14.2. The minimum Gasteiger partial charge on any atom is -0.497 e. The lowest BCUT2D eigenvalue weighted by Gasteiger charge is -2.42. The normalized spacial score (nSPS) is 21.3. The van der Waals surface area contributed by atoms with Crippen LogP contribution >= 0.6 is 0 Å². The zero-order valence-corrected chi connectivity index (χ0v) is 40.3. The number of methoxy groups -OCH3 is 3. The lowest BCUT2D eigenvalue weighted by Crippen LogP contribution is -2.57. The summed E-state index contributed by atoms with van der Waals surface area (Å²) in [4.78, 5) is 34.4. The molecule has 70 heavy (non-hydrogen) atoms. The van der Waals surface area contributed by atoms with Crippen LogP contribution in [0.15, 0.2) is 54.6 Å². The predicted molar refractivity (Wildman–Crippen MR) is 250 cm³/mol. The highest BCUT2D eigenvalue weighted by Crippen LogP contribution is 2.49. The average molecular weight is 978 g/mol. The smallest absolute Gasteiger partial charge is 0.418 e. The number of rotatable bonds is 13. The Hall–Kier alpha value is -6.24. The van der Waals surface area contributed by atoms with Crippen molar-refractivity contribution in [2.45, 2.75) is 108 Å². The monoisotopic (exact) mass is 977 g/mol. The van der Waals surface area contributed by atoms with Gasteiger partial charge in [-0.1, -0.05) is 24.3 Å². The van der Waals surface area contributed by atoms with Crippen LogP contribution in [0.25, 0.3) is 22.0 Å². The van der Waals surface area contributed by atoms with Crippen LogP contribution in [-0.2, 0) is 24.0 Å². The van der Waals surface area contributed by atoms with Crippen LogP contribution in [-0.4, -0.2) is 114 Å². The maximum atomic E-state index is 18.0. The molecule has 13 nitrogen and oxygen atoms in total. The Balaban J connectivity index is 1.21. The molecule has 4 aliphatic heterocycles. The van der Waals surface area contributed by atoms with Gasteiger partial charge in [0.15, 0.2) is 17.4 Å². The topological polar surface area (TPSA) is 115 Å². The molecule has 5 aromatic rings. The fourth-order valence-electron chi connectivity index (χ4n) is 10.8. The van der Waals surface area contributed by atoms with Crippen molar-refractivity contribution in [1.82, 2.24) is 24.8 Å². The van der Waals surface area contributed by atoms with E-state index < -0.39 is 74.9 Å². The Kier molecular flexibility index (Phi) is 13.1. The molecule has 4 fully saturated rings. The van der Waals surface area contributed by atoms with Gasteiger partial charge in [0.2, 0.25) is 0 Å². The van der Waals surface area contributed by atoms with Gasteiger partial charge in [-0.3, -0.25) is 9.80 Å². The fraction of sp³-hybridized carbons (Fsp3) is 0.490. The van der Waals surface area contributed by atoms with Gasteiger partial charge in [0.05, 0.1) is 61.2 Å². The molecular formula is C51H57F6N7O6. The molecule has 0 unspecified atom stereocenters. The predicted octanol–water partition coefficient (Wildman–Crippen LogP) is 10.1. The number of carbonyl (C=O) groups excluding carboxylic acids is 1. The van der Waals surface area contributed by atoms with E-state index in [-0.39, 0.29) is 80.9 Å². The first-order chi connectivity index (χ1) is 33.3. The van der Waals surface area contributed by atoms with Crippen molar-refractivity contribution in [3.8, 4) is 34.4 Å². The van der Waals surface area contributed by atoms with Crippen LogP contribution in [0.1, 0.15) is 75.3 Å². The van der Waals surface area contributed by atoms with Crippen LogP contribution in [0.5, 0.6) is 23.3 Å². The second-order valence-electron chi connectivity index (χ2n) is 19.7. The molecule has 4 atom stereocenters. The van der Waals surface area contributed by atoms with Crippen molar-refractivity contribution in [3.63, 3.8) is 0 Å². The number of aromatic nitrogens is 3. The summed E-state index contributed by atoms with van der Waals surface area (Å²) in [6.45, 7) is 7.92. The Morgan fingerprint density at radius 2 is 1.46 bits per heavy atom. The number of fused-ring (bicyclic) bond motifs is 4. The maximum absolute atomic E-state index is 18.0. The summed E-state index contributed by atoms with van der Waals surface area (Å²) < 4.78 is 125. The van der Waals surface area contributed by atoms with Gasteiger partial charge < -0.3 is 33.5 Å². The second-order valence-corrected chi connectivity index (χ2v) is 19.7. The highest BCUT2D eigenvalue weighted by molar-refractivity contribution is 6.00. The third-order valence-electron chi connectivity index (χ3n) is 13.9. The second kappa shape index (κ2) is 18.8. The third-order valence-corrected chi connectivity index (χ3v) is 13.9. The van der Waals surface area contributed by atoms with E-state index in [0.29, 0.717) is 37.3 Å². The van der Waals surface area contributed by atoms with Gasteiger partial charge in [-0.25, -0.2) is 22.9 Å². The minimum absolute atomic E-state index is 0.00108. The molecule has 6 heterocycles. The van der Waals surface area contributed by atoms with E-state index in [0.717, 1.165) is 37.6 Å². The van der Waals surface area contributed by atoms with Crippen molar-refractivity contribution >= 4 is 28.6 Å². The summed E-state index contributed by atoms with van der Waals surface area (Å²) in [5, 5.41) is -0.232. The number of hydrogen-bond acceptors (Lipinski definition) is 12. The fourth-order valence-corrected chi connectivity index (χ4v) is 10.8. The average Bonchev–Trinajstić information content (AvgIpc) is 3.93. The lowest BCUT2D eigenvalue weighted by atomic mass is 9.95. The number of hydrogen-bond donors (Lipinski definition) is 0. The van der Waals surface area contributed by atoms with E-state index in [1.54, 1.807) is 84.0 Å². The summed E-state index contributed by atoms with van der Waals surface area (Å²) in [6.07, 6.45) is -3.83. The maximum Gasteiger partial charge on any atom is 0.418 e. The largest absolute Gasteiger partial charge is 0.497 e.